The molecule has 76 valence electrons. The lowest BCUT2D eigenvalue weighted by molar-refractivity contribution is -0.144. The fraction of sp³-hybridized carbons (Fsp3) is 0.889. The van der Waals surface area contributed by atoms with E-state index in [-0.39, 0.29) is 12.0 Å². The van der Waals surface area contributed by atoms with E-state index in [9.17, 15) is 4.79 Å². The van der Waals surface area contributed by atoms with E-state index in [4.69, 9.17) is 4.74 Å². The van der Waals surface area contributed by atoms with Crippen LogP contribution in [-0.2, 0) is 9.53 Å². The summed E-state index contributed by atoms with van der Waals surface area (Å²) in [5.41, 5.74) is 0. The summed E-state index contributed by atoms with van der Waals surface area (Å²) in [6, 6.07) is 0. The van der Waals surface area contributed by atoms with Crippen LogP contribution in [0.2, 0.25) is 0 Å². The van der Waals surface area contributed by atoms with Gasteiger partial charge in [0.25, 0.3) is 5.91 Å². The summed E-state index contributed by atoms with van der Waals surface area (Å²) >= 11 is 0. The second-order valence-corrected chi connectivity index (χ2v) is 3.07. The van der Waals surface area contributed by atoms with Gasteiger partial charge in [-0.3, -0.25) is 4.79 Å². The van der Waals surface area contributed by atoms with Gasteiger partial charge in [-0.25, -0.2) is 0 Å². The number of morpholine rings is 1. The molecular weight excluding hydrogens is 168 g/mol. The highest BCUT2D eigenvalue weighted by Crippen LogP contribution is 2.01. The molecule has 0 bridgehead atoms. The van der Waals surface area contributed by atoms with Gasteiger partial charge in [-0.05, 0) is 13.8 Å². The molecule has 13 heavy (non-hydrogen) atoms. The lowest BCUT2D eigenvalue weighted by Gasteiger charge is -2.28. The second-order valence-electron chi connectivity index (χ2n) is 3.07. The first kappa shape index (κ1) is 10.5. The maximum atomic E-state index is 11.7. The molecule has 1 rings (SSSR count). The van der Waals surface area contributed by atoms with E-state index >= 15 is 0 Å². The fourth-order valence-electron chi connectivity index (χ4n) is 1.46. The van der Waals surface area contributed by atoms with E-state index in [1.54, 1.807) is 4.90 Å². The number of hydrogen-bond donors (Lipinski definition) is 1. The number of amides is 1. The highest BCUT2D eigenvalue weighted by molar-refractivity contribution is 5.81. The van der Waals surface area contributed by atoms with Gasteiger partial charge in [-0.1, -0.05) is 0 Å². The van der Waals surface area contributed by atoms with Crippen molar-refractivity contribution >= 4 is 5.91 Å². The van der Waals surface area contributed by atoms with Gasteiger partial charge in [-0.2, -0.15) is 0 Å². The highest BCUT2D eigenvalue weighted by atomic mass is 16.5. The summed E-state index contributed by atoms with van der Waals surface area (Å²) in [6.07, 6.45) is -0.270. The number of carbonyl (C=O) groups is 1. The van der Waals surface area contributed by atoms with Crippen molar-refractivity contribution in [3.05, 3.63) is 0 Å². The quantitative estimate of drug-likeness (QED) is 0.666. The lowest BCUT2D eigenvalue weighted by atomic mass is 10.2. The van der Waals surface area contributed by atoms with E-state index in [0.717, 1.165) is 19.6 Å². The summed E-state index contributed by atoms with van der Waals surface area (Å²) in [5.74, 6) is 0.109. The number of likely N-dealkylation sites (N-methyl/N-ethyl adjacent to an activating group) is 1. The molecule has 0 aromatic rings. The van der Waals surface area contributed by atoms with Crippen molar-refractivity contribution < 1.29 is 9.53 Å². The smallest absolute Gasteiger partial charge is 0.253 e. The summed E-state index contributed by atoms with van der Waals surface area (Å²) < 4.78 is 5.37. The van der Waals surface area contributed by atoms with Crippen LogP contribution in [0.5, 0.6) is 0 Å². The molecule has 1 saturated heterocycles. The zero-order valence-corrected chi connectivity index (χ0v) is 8.38. The number of nitrogens with zero attached hydrogens (tertiary/aromatic N) is 1. The Kier molecular flexibility index (Phi) is 4.18. The molecule has 1 unspecified atom stereocenters. The zero-order chi connectivity index (χ0) is 9.68. The van der Waals surface area contributed by atoms with E-state index in [0.29, 0.717) is 13.2 Å². The van der Waals surface area contributed by atoms with Crippen LogP contribution in [0.4, 0.5) is 0 Å². The largest absolute Gasteiger partial charge is 0.366 e. The molecule has 0 aliphatic carbocycles. The zero-order valence-electron chi connectivity index (χ0n) is 8.38. The Hall–Kier alpha value is -0.610. The van der Waals surface area contributed by atoms with E-state index < -0.39 is 0 Å². The summed E-state index contributed by atoms with van der Waals surface area (Å²) in [5, 5.41) is 3.15. The number of ether oxygens (including phenoxy) is 1. The Labute approximate surface area is 79.2 Å². The topological polar surface area (TPSA) is 41.6 Å². The first-order valence-electron chi connectivity index (χ1n) is 4.90. The molecule has 1 amide bonds. The predicted molar refractivity (Wildman–Crippen MR) is 50.5 cm³/mol. The SMILES string of the molecule is CCN(CC)C(=O)C1CNCCO1. The van der Waals surface area contributed by atoms with Gasteiger partial charge in [0, 0.05) is 26.2 Å². The lowest BCUT2D eigenvalue weighted by Crippen LogP contribution is -2.49. The van der Waals surface area contributed by atoms with E-state index in [1.807, 2.05) is 13.8 Å². The van der Waals surface area contributed by atoms with Crippen LogP contribution in [0.15, 0.2) is 0 Å². The first-order chi connectivity index (χ1) is 6.29. The molecule has 1 heterocycles. The molecule has 4 heteroatoms. The Balaban J connectivity index is 2.44. The summed E-state index contributed by atoms with van der Waals surface area (Å²) in [6.45, 7) is 7.62. The van der Waals surface area contributed by atoms with Gasteiger partial charge >= 0.3 is 0 Å². The molecule has 0 aromatic heterocycles. The highest BCUT2D eigenvalue weighted by Gasteiger charge is 2.24. The predicted octanol–water partition coefficient (Wildman–Crippen LogP) is -0.157. The second kappa shape index (κ2) is 5.19. The van der Waals surface area contributed by atoms with Gasteiger partial charge in [-0.15, -0.1) is 0 Å². The molecule has 0 spiro atoms. The average Bonchev–Trinajstić information content (AvgIpc) is 2.21. The van der Waals surface area contributed by atoms with Crippen molar-refractivity contribution in [2.24, 2.45) is 0 Å². The number of carbonyl (C=O) groups excluding carboxylic acids is 1. The van der Waals surface area contributed by atoms with Crippen molar-refractivity contribution in [1.29, 1.82) is 0 Å². The van der Waals surface area contributed by atoms with Crippen molar-refractivity contribution in [2.75, 3.05) is 32.8 Å². The van der Waals surface area contributed by atoms with Gasteiger partial charge in [0.05, 0.1) is 6.61 Å². The molecule has 1 fully saturated rings. The third-order valence-corrected chi connectivity index (χ3v) is 2.28. The normalized spacial score (nSPS) is 22.8. The minimum atomic E-state index is -0.270. The Morgan fingerprint density at radius 2 is 2.23 bits per heavy atom. The Morgan fingerprint density at radius 3 is 2.69 bits per heavy atom. The Morgan fingerprint density at radius 1 is 1.54 bits per heavy atom. The molecular formula is C9H18N2O2. The molecule has 1 N–H and O–H groups in total. The van der Waals surface area contributed by atoms with Crippen LogP contribution in [-0.4, -0.2) is 49.7 Å². The van der Waals surface area contributed by atoms with Crippen LogP contribution in [0.1, 0.15) is 13.8 Å². The first-order valence-corrected chi connectivity index (χ1v) is 4.90. The van der Waals surface area contributed by atoms with E-state index in [2.05, 4.69) is 5.32 Å². The third-order valence-electron chi connectivity index (χ3n) is 2.28. The van der Waals surface area contributed by atoms with Crippen LogP contribution in [0.25, 0.3) is 0 Å². The van der Waals surface area contributed by atoms with Crippen LogP contribution >= 0.6 is 0 Å². The molecule has 1 aliphatic rings. The molecule has 0 aromatic carbocycles. The minimum Gasteiger partial charge on any atom is -0.366 e. The molecule has 0 radical (unpaired) electrons. The fourth-order valence-corrected chi connectivity index (χ4v) is 1.46. The van der Waals surface area contributed by atoms with Crippen molar-refractivity contribution in [1.82, 2.24) is 10.2 Å². The third kappa shape index (κ3) is 2.67. The van der Waals surface area contributed by atoms with Gasteiger partial charge in [0.2, 0.25) is 0 Å². The van der Waals surface area contributed by atoms with Crippen LogP contribution in [0, 0.1) is 0 Å². The van der Waals surface area contributed by atoms with Crippen LogP contribution in [0.3, 0.4) is 0 Å². The monoisotopic (exact) mass is 186 g/mol. The maximum Gasteiger partial charge on any atom is 0.253 e. The van der Waals surface area contributed by atoms with Crippen LogP contribution < -0.4 is 5.32 Å². The Bertz CT molecular complexity index is 163. The standard InChI is InChI=1S/C9H18N2O2/c1-3-11(4-2)9(12)8-7-10-5-6-13-8/h8,10H,3-7H2,1-2H3. The van der Waals surface area contributed by atoms with Gasteiger partial charge < -0.3 is 15.0 Å². The van der Waals surface area contributed by atoms with Gasteiger partial charge in [0.1, 0.15) is 6.10 Å². The maximum absolute atomic E-state index is 11.7. The minimum absolute atomic E-state index is 0.109. The van der Waals surface area contributed by atoms with Crippen molar-refractivity contribution in [2.45, 2.75) is 20.0 Å². The van der Waals surface area contributed by atoms with Crippen molar-refractivity contribution in [3.63, 3.8) is 0 Å². The molecule has 4 nitrogen and oxygen atoms in total. The molecule has 1 aliphatic heterocycles. The van der Waals surface area contributed by atoms with Gasteiger partial charge in [0.15, 0.2) is 0 Å². The number of rotatable bonds is 3. The molecule has 0 saturated carbocycles. The summed E-state index contributed by atoms with van der Waals surface area (Å²) in [4.78, 5) is 13.5. The average molecular weight is 186 g/mol. The van der Waals surface area contributed by atoms with Crippen molar-refractivity contribution in [3.8, 4) is 0 Å². The molecule has 1 atom stereocenters. The van der Waals surface area contributed by atoms with E-state index in [1.165, 1.54) is 0 Å². The number of hydrogen-bond acceptors (Lipinski definition) is 3. The number of nitrogens with one attached hydrogen (secondary N) is 1. The summed E-state index contributed by atoms with van der Waals surface area (Å²) in [7, 11) is 0.